The second-order valence-electron chi connectivity index (χ2n) is 5.09. The average molecular weight is 267 g/mol. The van der Waals surface area contributed by atoms with Crippen molar-refractivity contribution < 1.29 is 9.26 Å². The molecule has 2 heterocycles. The highest BCUT2D eigenvalue weighted by Crippen LogP contribution is 2.32. The van der Waals surface area contributed by atoms with Crippen LogP contribution in [0.4, 0.5) is 0 Å². The lowest BCUT2D eigenvalue weighted by Gasteiger charge is -2.27. The molecule has 19 heavy (non-hydrogen) atoms. The fraction of sp³-hybridized carbons (Fsp3) is 0.857. The van der Waals surface area contributed by atoms with Crippen LogP contribution < -0.4 is 5.32 Å². The molecule has 1 saturated heterocycles. The number of hydrogen-bond donors (Lipinski definition) is 1. The molecule has 0 radical (unpaired) electrons. The van der Waals surface area contributed by atoms with Gasteiger partial charge in [-0.3, -0.25) is 0 Å². The van der Waals surface area contributed by atoms with E-state index in [4.69, 9.17) is 9.26 Å². The molecule has 0 bridgehead atoms. The fourth-order valence-electron chi connectivity index (χ4n) is 2.74. The van der Waals surface area contributed by atoms with Crippen molar-refractivity contribution in [1.82, 2.24) is 15.5 Å². The van der Waals surface area contributed by atoms with Crippen molar-refractivity contribution >= 4 is 0 Å². The Morgan fingerprint density at radius 3 is 2.68 bits per heavy atom. The number of ether oxygens (including phenoxy) is 1. The van der Waals surface area contributed by atoms with E-state index >= 15 is 0 Å². The summed E-state index contributed by atoms with van der Waals surface area (Å²) in [5, 5.41) is 7.60. The van der Waals surface area contributed by atoms with E-state index in [0.29, 0.717) is 18.3 Å². The van der Waals surface area contributed by atoms with Gasteiger partial charge in [-0.1, -0.05) is 25.4 Å². The van der Waals surface area contributed by atoms with E-state index in [9.17, 15) is 0 Å². The molecule has 1 atom stereocenters. The van der Waals surface area contributed by atoms with Crippen molar-refractivity contribution in [3.8, 4) is 0 Å². The monoisotopic (exact) mass is 267 g/mol. The second kappa shape index (κ2) is 6.48. The molecule has 0 unspecified atom stereocenters. The van der Waals surface area contributed by atoms with Gasteiger partial charge in [0.05, 0.1) is 6.04 Å². The van der Waals surface area contributed by atoms with Crippen molar-refractivity contribution in [2.45, 2.75) is 64.5 Å². The van der Waals surface area contributed by atoms with Gasteiger partial charge in [0.2, 0.25) is 11.7 Å². The molecular weight excluding hydrogens is 242 g/mol. The molecular formula is C14H25N3O2. The van der Waals surface area contributed by atoms with Crippen LogP contribution in [0.2, 0.25) is 0 Å². The normalized spacial score (nSPS) is 20.7. The lowest BCUT2D eigenvalue weighted by molar-refractivity contribution is -0.0583. The lowest BCUT2D eigenvalue weighted by Crippen LogP contribution is -2.30. The molecule has 0 aromatic carbocycles. The number of rotatable bonds is 6. The fourth-order valence-corrected chi connectivity index (χ4v) is 2.74. The van der Waals surface area contributed by atoms with Crippen LogP contribution in [-0.2, 0) is 10.3 Å². The minimum Gasteiger partial charge on any atom is -0.367 e. The SMILES string of the molecule is CCOC(CC)(CC)c1noc([C@H]2CCCCN2)n1. The molecule has 0 saturated carbocycles. The molecule has 1 aromatic rings. The Morgan fingerprint density at radius 2 is 2.11 bits per heavy atom. The third-order valence-electron chi connectivity index (χ3n) is 4.02. The van der Waals surface area contributed by atoms with Gasteiger partial charge < -0.3 is 14.6 Å². The molecule has 108 valence electrons. The summed E-state index contributed by atoms with van der Waals surface area (Å²) >= 11 is 0. The second-order valence-corrected chi connectivity index (χ2v) is 5.09. The molecule has 0 aliphatic carbocycles. The van der Waals surface area contributed by atoms with Gasteiger partial charge in [-0.05, 0) is 39.2 Å². The van der Waals surface area contributed by atoms with Gasteiger partial charge in [-0.25, -0.2) is 0 Å². The first kappa shape index (κ1) is 14.5. The zero-order valence-electron chi connectivity index (χ0n) is 12.2. The van der Waals surface area contributed by atoms with Crippen LogP contribution in [-0.4, -0.2) is 23.3 Å². The molecule has 1 aliphatic heterocycles. The number of aromatic nitrogens is 2. The summed E-state index contributed by atoms with van der Waals surface area (Å²) in [6.07, 6.45) is 5.22. The van der Waals surface area contributed by atoms with E-state index in [0.717, 1.165) is 25.8 Å². The summed E-state index contributed by atoms with van der Waals surface area (Å²) in [5.41, 5.74) is -0.398. The third kappa shape index (κ3) is 2.98. The Kier molecular flexibility index (Phi) is 4.93. The largest absolute Gasteiger partial charge is 0.367 e. The van der Waals surface area contributed by atoms with Crippen LogP contribution in [0.3, 0.4) is 0 Å². The lowest BCUT2D eigenvalue weighted by atomic mass is 9.96. The van der Waals surface area contributed by atoms with Gasteiger partial charge in [0, 0.05) is 6.61 Å². The summed E-state index contributed by atoms with van der Waals surface area (Å²) < 4.78 is 11.4. The summed E-state index contributed by atoms with van der Waals surface area (Å²) in [6.45, 7) is 7.90. The van der Waals surface area contributed by atoms with Crippen LogP contribution in [0, 0.1) is 0 Å². The van der Waals surface area contributed by atoms with Crippen molar-refractivity contribution in [3.63, 3.8) is 0 Å². The first-order valence-corrected chi connectivity index (χ1v) is 7.47. The Labute approximate surface area is 115 Å². The molecule has 1 fully saturated rings. The van der Waals surface area contributed by atoms with E-state index in [-0.39, 0.29) is 6.04 Å². The Hall–Kier alpha value is -0.940. The van der Waals surface area contributed by atoms with Gasteiger partial charge >= 0.3 is 0 Å². The van der Waals surface area contributed by atoms with E-state index in [1.165, 1.54) is 12.8 Å². The smallest absolute Gasteiger partial charge is 0.243 e. The minimum atomic E-state index is -0.398. The van der Waals surface area contributed by atoms with Crippen molar-refractivity contribution in [2.24, 2.45) is 0 Å². The van der Waals surface area contributed by atoms with Crippen molar-refractivity contribution in [2.75, 3.05) is 13.2 Å². The molecule has 1 aromatic heterocycles. The first-order chi connectivity index (χ1) is 9.25. The van der Waals surface area contributed by atoms with Gasteiger partial charge in [0.15, 0.2) is 0 Å². The summed E-state index contributed by atoms with van der Waals surface area (Å²) in [6, 6.07) is 0.211. The number of piperidine rings is 1. The molecule has 5 heteroatoms. The highest BCUT2D eigenvalue weighted by Gasteiger charge is 2.35. The van der Waals surface area contributed by atoms with Crippen LogP contribution in [0.5, 0.6) is 0 Å². The molecule has 0 amide bonds. The first-order valence-electron chi connectivity index (χ1n) is 7.47. The van der Waals surface area contributed by atoms with Crippen molar-refractivity contribution in [3.05, 3.63) is 11.7 Å². The van der Waals surface area contributed by atoms with Crippen LogP contribution in [0.25, 0.3) is 0 Å². The quantitative estimate of drug-likeness (QED) is 0.858. The average Bonchev–Trinajstić information content (AvgIpc) is 2.96. The van der Waals surface area contributed by atoms with Gasteiger partial charge in [0.1, 0.15) is 5.60 Å². The minimum absolute atomic E-state index is 0.211. The van der Waals surface area contributed by atoms with Crippen molar-refractivity contribution in [1.29, 1.82) is 0 Å². The topological polar surface area (TPSA) is 60.2 Å². The Balaban J connectivity index is 2.17. The molecule has 2 rings (SSSR count). The number of hydrogen-bond acceptors (Lipinski definition) is 5. The number of nitrogens with zero attached hydrogens (tertiary/aromatic N) is 2. The van der Waals surface area contributed by atoms with E-state index < -0.39 is 5.60 Å². The summed E-state index contributed by atoms with van der Waals surface area (Å²) in [5.74, 6) is 1.41. The third-order valence-corrected chi connectivity index (χ3v) is 4.02. The molecule has 1 aliphatic rings. The zero-order valence-corrected chi connectivity index (χ0v) is 12.2. The highest BCUT2D eigenvalue weighted by molar-refractivity contribution is 5.03. The van der Waals surface area contributed by atoms with E-state index in [1.807, 2.05) is 6.92 Å². The molecule has 5 nitrogen and oxygen atoms in total. The van der Waals surface area contributed by atoms with Crippen LogP contribution >= 0.6 is 0 Å². The molecule has 1 N–H and O–H groups in total. The maximum atomic E-state index is 5.91. The highest BCUT2D eigenvalue weighted by atomic mass is 16.5. The van der Waals surface area contributed by atoms with Crippen LogP contribution in [0.15, 0.2) is 4.52 Å². The van der Waals surface area contributed by atoms with Gasteiger partial charge in [-0.15, -0.1) is 0 Å². The summed E-state index contributed by atoms with van der Waals surface area (Å²) in [7, 11) is 0. The maximum absolute atomic E-state index is 5.91. The number of nitrogens with one attached hydrogen (secondary N) is 1. The standard InChI is InChI=1S/C14H25N3O2/c1-4-14(5-2,18-6-3)13-16-12(19-17-13)11-9-7-8-10-15-11/h11,15H,4-10H2,1-3H3/t11-/m1/s1. The van der Waals surface area contributed by atoms with Gasteiger partial charge in [-0.2, -0.15) is 4.98 Å². The Morgan fingerprint density at radius 1 is 1.32 bits per heavy atom. The predicted molar refractivity (Wildman–Crippen MR) is 72.8 cm³/mol. The Bertz CT molecular complexity index is 382. The van der Waals surface area contributed by atoms with E-state index in [1.54, 1.807) is 0 Å². The zero-order chi connectivity index (χ0) is 13.7. The van der Waals surface area contributed by atoms with E-state index in [2.05, 4.69) is 29.3 Å². The predicted octanol–water partition coefficient (Wildman–Crippen LogP) is 2.94. The van der Waals surface area contributed by atoms with Crippen LogP contribution in [0.1, 0.15) is 70.6 Å². The summed E-state index contributed by atoms with van der Waals surface area (Å²) in [4.78, 5) is 4.60. The van der Waals surface area contributed by atoms with Gasteiger partial charge in [0.25, 0.3) is 0 Å². The maximum Gasteiger partial charge on any atom is 0.243 e. The molecule has 0 spiro atoms.